The summed E-state index contributed by atoms with van der Waals surface area (Å²) < 4.78 is 29.7. The average Bonchev–Trinajstić information content (AvgIpc) is 2.65. The molecule has 0 radical (unpaired) electrons. The minimum atomic E-state index is -2.50. The van der Waals surface area contributed by atoms with Gasteiger partial charge < -0.3 is 10.1 Å². The Balaban J connectivity index is 2.21. The molecule has 1 amide bonds. The molecular formula is C10H9F2NO2. The Morgan fingerprint density at radius 2 is 2.27 bits per heavy atom. The van der Waals surface area contributed by atoms with E-state index in [9.17, 15) is 13.6 Å². The van der Waals surface area contributed by atoms with E-state index in [0.717, 1.165) is 0 Å². The van der Waals surface area contributed by atoms with E-state index < -0.39 is 18.6 Å². The number of hydrogen-bond acceptors (Lipinski definition) is 2. The van der Waals surface area contributed by atoms with Crippen molar-refractivity contribution < 1.29 is 18.3 Å². The predicted molar refractivity (Wildman–Crippen MR) is 48.6 cm³/mol. The van der Waals surface area contributed by atoms with Gasteiger partial charge in [-0.25, -0.2) is 13.6 Å². The summed E-state index contributed by atoms with van der Waals surface area (Å²) in [5.74, 6) is 0. The highest BCUT2D eigenvalue weighted by Gasteiger charge is 2.24. The highest BCUT2D eigenvalue weighted by atomic mass is 19.3. The van der Waals surface area contributed by atoms with E-state index >= 15 is 0 Å². The highest BCUT2D eigenvalue weighted by molar-refractivity contribution is 5.69. The number of rotatable bonds is 2. The molecule has 5 heteroatoms. The normalized spacial score (nSPS) is 20.2. The third-order valence-electron chi connectivity index (χ3n) is 2.22. The number of amides is 1. The quantitative estimate of drug-likeness (QED) is 0.819. The summed E-state index contributed by atoms with van der Waals surface area (Å²) in [4.78, 5) is 10.8. The van der Waals surface area contributed by atoms with Gasteiger partial charge in [0.2, 0.25) is 0 Å². The van der Waals surface area contributed by atoms with Gasteiger partial charge in [-0.15, -0.1) is 0 Å². The van der Waals surface area contributed by atoms with Crippen LogP contribution in [0.25, 0.3) is 0 Å². The van der Waals surface area contributed by atoms with Gasteiger partial charge in [0, 0.05) is 5.56 Å². The fraction of sp³-hybridized carbons (Fsp3) is 0.300. The van der Waals surface area contributed by atoms with Crippen molar-refractivity contribution in [3.8, 4) is 0 Å². The Labute approximate surface area is 85.0 Å². The Hall–Kier alpha value is -1.65. The second-order valence-corrected chi connectivity index (χ2v) is 3.25. The number of ether oxygens (including phenoxy) is 1. The standard InChI is InChI=1S/C10H9F2NO2/c11-9(12)7-3-1-2-6(4-7)8-5-13-10(14)15-8/h1-4,8-9H,5H2,(H,13,14). The number of carbonyl (C=O) groups excluding carboxylic acids is 1. The Morgan fingerprint density at radius 3 is 2.87 bits per heavy atom. The topological polar surface area (TPSA) is 38.3 Å². The average molecular weight is 213 g/mol. The zero-order chi connectivity index (χ0) is 10.8. The monoisotopic (exact) mass is 213 g/mol. The van der Waals surface area contributed by atoms with Crippen LogP contribution in [-0.2, 0) is 4.74 Å². The summed E-state index contributed by atoms with van der Waals surface area (Å²) in [5, 5.41) is 2.47. The van der Waals surface area contributed by atoms with Crippen LogP contribution < -0.4 is 5.32 Å². The van der Waals surface area contributed by atoms with Crippen molar-refractivity contribution in [1.29, 1.82) is 0 Å². The van der Waals surface area contributed by atoms with Crippen molar-refractivity contribution in [3.63, 3.8) is 0 Å². The van der Waals surface area contributed by atoms with E-state index in [1.807, 2.05) is 0 Å². The molecule has 1 aliphatic heterocycles. The zero-order valence-corrected chi connectivity index (χ0v) is 7.74. The van der Waals surface area contributed by atoms with Gasteiger partial charge in [0.1, 0.15) is 6.10 Å². The summed E-state index contributed by atoms with van der Waals surface area (Å²) in [6.45, 7) is 0.325. The van der Waals surface area contributed by atoms with Gasteiger partial charge in [0.15, 0.2) is 0 Å². The molecule has 0 aliphatic carbocycles. The van der Waals surface area contributed by atoms with Crippen molar-refractivity contribution in [2.45, 2.75) is 12.5 Å². The molecule has 1 aromatic carbocycles. The number of carbonyl (C=O) groups is 1. The van der Waals surface area contributed by atoms with Crippen molar-refractivity contribution in [2.24, 2.45) is 0 Å². The van der Waals surface area contributed by atoms with Gasteiger partial charge in [-0.3, -0.25) is 0 Å². The molecule has 1 N–H and O–H groups in total. The zero-order valence-electron chi connectivity index (χ0n) is 7.74. The fourth-order valence-electron chi connectivity index (χ4n) is 1.47. The van der Waals surface area contributed by atoms with E-state index in [0.29, 0.717) is 12.1 Å². The minimum Gasteiger partial charge on any atom is -0.439 e. The molecule has 15 heavy (non-hydrogen) atoms. The molecule has 1 aromatic rings. The molecule has 1 fully saturated rings. The second kappa shape index (κ2) is 3.84. The van der Waals surface area contributed by atoms with E-state index in [2.05, 4.69) is 5.32 Å². The van der Waals surface area contributed by atoms with Gasteiger partial charge in [-0.05, 0) is 11.6 Å². The number of alkyl halides is 2. The molecular weight excluding hydrogens is 204 g/mol. The van der Waals surface area contributed by atoms with Crippen molar-refractivity contribution in [3.05, 3.63) is 35.4 Å². The van der Waals surface area contributed by atoms with Crippen LogP contribution in [0, 0.1) is 0 Å². The fourth-order valence-corrected chi connectivity index (χ4v) is 1.47. The maximum atomic E-state index is 12.4. The summed E-state index contributed by atoms with van der Waals surface area (Å²) in [5.41, 5.74) is 0.529. The first-order valence-electron chi connectivity index (χ1n) is 4.49. The molecule has 80 valence electrons. The Kier molecular flexibility index (Phi) is 2.53. The van der Waals surface area contributed by atoms with Crippen molar-refractivity contribution in [2.75, 3.05) is 6.54 Å². The van der Waals surface area contributed by atoms with Crippen molar-refractivity contribution >= 4 is 6.09 Å². The Morgan fingerprint density at radius 1 is 1.47 bits per heavy atom. The molecule has 0 spiro atoms. The molecule has 0 bridgehead atoms. The smallest absolute Gasteiger partial charge is 0.407 e. The lowest BCUT2D eigenvalue weighted by Gasteiger charge is -2.09. The molecule has 1 aliphatic rings. The van der Waals surface area contributed by atoms with E-state index in [4.69, 9.17) is 4.74 Å². The number of hydrogen-bond donors (Lipinski definition) is 1. The molecule has 2 rings (SSSR count). The largest absolute Gasteiger partial charge is 0.439 e. The van der Waals surface area contributed by atoms with Crippen LogP contribution in [0.2, 0.25) is 0 Å². The summed E-state index contributed by atoms with van der Waals surface area (Å²) >= 11 is 0. The van der Waals surface area contributed by atoms with Crippen LogP contribution in [0.4, 0.5) is 13.6 Å². The van der Waals surface area contributed by atoms with Gasteiger partial charge in [0.05, 0.1) is 6.54 Å². The third kappa shape index (κ3) is 2.06. The van der Waals surface area contributed by atoms with Gasteiger partial charge in [-0.2, -0.15) is 0 Å². The first-order valence-corrected chi connectivity index (χ1v) is 4.49. The number of alkyl carbamates (subject to hydrolysis) is 1. The lowest BCUT2D eigenvalue weighted by atomic mass is 10.1. The van der Waals surface area contributed by atoms with Crippen LogP contribution >= 0.6 is 0 Å². The maximum absolute atomic E-state index is 12.4. The summed E-state index contributed by atoms with van der Waals surface area (Å²) in [6, 6.07) is 5.90. The minimum absolute atomic E-state index is 0.0598. The molecule has 0 aromatic heterocycles. The van der Waals surface area contributed by atoms with Crippen LogP contribution in [-0.4, -0.2) is 12.6 Å². The lowest BCUT2D eigenvalue weighted by molar-refractivity contribution is 0.139. The Bertz CT molecular complexity index is 381. The summed E-state index contributed by atoms with van der Waals surface area (Å²) in [7, 11) is 0. The van der Waals surface area contributed by atoms with Crippen LogP contribution in [0.15, 0.2) is 24.3 Å². The van der Waals surface area contributed by atoms with Gasteiger partial charge in [-0.1, -0.05) is 18.2 Å². The van der Waals surface area contributed by atoms with E-state index in [-0.39, 0.29) is 5.56 Å². The van der Waals surface area contributed by atoms with Gasteiger partial charge >= 0.3 is 6.09 Å². The molecule has 0 saturated carbocycles. The molecule has 1 heterocycles. The van der Waals surface area contributed by atoms with Crippen LogP contribution in [0.3, 0.4) is 0 Å². The number of nitrogens with one attached hydrogen (secondary N) is 1. The SMILES string of the molecule is O=C1NCC(c2cccc(C(F)F)c2)O1. The highest BCUT2D eigenvalue weighted by Crippen LogP contribution is 2.25. The summed E-state index contributed by atoms with van der Waals surface area (Å²) in [6.07, 6.45) is -3.48. The maximum Gasteiger partial charge on any atom is 0.407 e. The van der Waals surface area contributed by atoms with E-state index in [1.54, 1.807) is 6.07 Å². The van der Waals surface area contributed by atoms with Crippen molar-refractivity contribution in [1.82, 2.24) is 5.32 Å². The first-order chi connectivity index (χ1) is 7.16. The molecule has 3 nitrogen and oxygen atoms in total. The van der Waals surface area contributed by atoms with Gasteiger partial charge in [0.25, 0.3) is 6.43 Å². The first kappa shape index (κ1) is 9.89. The van der Waals surface area contributed by atoms with Crippen LogP contribution in [0.5, 0.6) is 0 Å². The second-order valence-electron chi connectivity index (χ2n) is 3.25. The lowest BCUT2D eigenvalue weighted by Crippen LogP contribution is -2.12. The predicted octanol–water partition coefficient (Wildman–Crippen LogP) is 2.41. The number of cyclic esters (lactones) is 1. The third-order valence-corrected chi connectivity index (χ3v) is 2.22. The number of benzene rings is 1. The number of halogens is 2. The van der Waals surface area contributed by atoms with Crippen LogP contribution in [0.1, 0.15) is 23.7 Å². The molecule has 1 unspecified atom stereocenters. The molecule has 1 saturated heterocycles. The molecule has 1 atom stereocenters. The van der Waals surface area contributed by atoms with E-state index in [1.165, 1.54) is 18.2 Å².